The number of ether oxygens (including phenoxy) is 1. The summed E-state index contributed by atoms with van der Waals surface area (Å²) in [4.78, 5) is 61.3. The molecule has 0 unspecified atom stereocenters. The molecule has 4 rings (SSSR count). The second-order valence-corrected chi connectivity index (χ2v) is 10.1. The molecule has 11 nitrogen and oxygen atoms in total. The third-order valence-corrected chi connectivity index (χ3v) is 6.32. The molecule has 0 radical (unpaired) electrons. The molecule has 0 atom stereocenters. The van der Waals surface area contributed by atoms with Gasteiger partial charge in [-0.2, -0.15) is 0 Å². The number of aryl methyl sites for hydroxylation is 1. The van der Waals surface area contributed by atoms with Crippen LogP contribution in [0.2, 0.25) is 0 Å². The van der Waals surface area contributed by atoms with Crippen LogP contribution in [-0.4, -0.2) is 72.7 Å². The molecule has 1 fully saturated rings. The Hall–Kier alpha value is -4.15. The van der Waals surface area contributed by atoms with Crippen molar-refractivity contribution < 1.29 is 14.3 Å². The van der Waals surface area contributed by atoms with Crippen LogP contribution in [0.3, 0.4) is 0 Å². The number of aromatic nitrogens is 4. The summed E-state index contributed by atoms with van der Waals surface area (Å²) < 4.78 is 8.07. The lowest BCUT2D eigenvalue weighted by Crippen LogP contribution is -2.51. The van der Waals surface area contributed by atoms with E-state index in [2.05, 4.69) is 9.97 Å². The Morgan fingerprint density at radius 1 is 0.947 bits per heavy atom. The smallest absolute Gasteiger partial charge is 0.410 e. The molecule has 2 amide bonds. The normalized spacial score (nSPS) is 14.4. The van der Waals surface area contributed by atoms with Gasteiger partial charge in [-0.05, 0) is 58.4 Å². The molecule has 0 bridgehead atoms. The number of hydrogen-bond donors (Lipinski definition) is 1. The Labute approximate surface area is 220 Å². The zero-order chi connectivity index (χ0) is 27.6. The fourth-order valence-electron chi connectivity index (χ4n) is 4.34. The second-order valence-electron chi connectivity index (χ2n) is 10.1. The van der Waals surface area contributed by atoms with E-state index in [1.54, 1.807) is 34.9 Å². The Morgan fingerprint density at radius 3 is 2.13 bits per heavy atom. The minimum absolute atomic E-state index is 0.0913. The summed E-state index contributed by atoms with van der Waals surface area (Å²) in [5.74, 6) is 0.363. The average Bonchev–Trinajstić information content (AvgIpc) is 3.31. The first kappa shape index (κ1) is 26.9. The van der Waals surface area contributed by atoms with Crippen molar-refractivity contribution in [3.8, 4) is 0 Å². The van der Waals surface area contributed by atoms with Crippen molar-refractivity contribution in [2.45, 2.75) is 53.3 Å². The van der Waals surface area contributed by atoms with Gasteiger partial charge in [0.15, 0.2) is 5.65 Å². The van der Waals surface area contributed by atoms with E-state index in [-0.39, 0.29) is 29.8 Å². The number of rotatable bonds is 5. The summed E-state index contributed by atoms with van der Waals surface area (Å²) in [6, 6.07) is 7.18. The van der Waals surface area contributed by atoms with Gasteiger partial charge in [-0.1, -0.05) is 18.2 Å². The predicted octanol–water partition coefficient (Wildman–Crippen LogP) is 2.79. The van der Waals surface area contributed by atoms with E-state index in [1.807, 2.05) is 45.9 Å². The number of piperazine rings is 1. The van der Waals surface area contributed by atoms with E-state index in [1.165, 1.54) is 9.13 Å². The summed E-state index contributed by atoms with van der Waals surface area (Å²) >= 11 is 0. The zero-order valence-corrected chi connectivity index (χ0v) is 22.5. The standard InChI is InChI=1S/C27H34N6O5/c1-6-32-22-21(24(35)33(7-2)25(32)36)28-20(29-22)13-10-18-8-11-19(12-9-18)23(34)30-14-16-31(17-15-30)26(37)38-27(3,4)5/h8-13H,6-7,14-17H2,1-5H3,(H,28,29)/b13-10+. The number of nitrogens with zero attached hydrogens (tertiary/aromatic N) is 5. The van der Waals surface area contributed by atoms with Crippen LogP contribution in [0, 0.1) is 0 Å². The van der Waals surface area contributed by atoms with E-state index in [9.17, 15) is 19.2 Å². The fraction of sp³-hybridized carbons (Fsp3) is 0.444. The summed E-state index contributed by atoms with van der Waals surface area (Å²) in [7, 11) is 0. The number of carbonyl (C=O) groups is 2. The number of hydrogen-bond acceptors (Lipinski definition) is 6. The molecule has 3 heterocycles. The van der Waals surface area contributed by atoms with Crippen LogP contribution in [0.1, 0.15) is 56.4 Å². The third kappa shape index (κ3) is 5.56. The molecule has 1 saturated heterocycles. The lowest BCUT2D eigenvalue weighted by atomic mass is 10.1. The highest BCUT2D eigenvalue weighted by Gasteiger charge is 2.28. The van der Waals surface area contributed by atoms with Gasteiger partial charge >= 0.3 is 11.8 Å². The first-order valence-corrected chi connectivity index (χ1v) is 12.8. The quantitative estimate of drug-likeness (QED) is 0.550. The fourth-order valence-corrected chi connectivity index (χ4v) is 4.34. The lowest BCUT2D eigenvalue weighted by Gasteiger charge is -2.35. The molecule has 38 heavy (non-hydrogen) atoms. The van der Waals surface area contributed by atoms with Crippen LogP contribution in [0.5, 0.6) is 0 Å². The van der Waals surface area contributed by atoms with Crippen LogP contribution >= 0.6 is 0 Å². The molecular formula is C27H34N6O5. The number of amides is 2. The Kier molecular flexibility index (Phi) is 7.56. The summed E-state index contributed by atoms with van der Waals surface area (Å²) in [5, 5.41) is 0. The average molecular weight is 523 g/mol. The van der Waals surface area contributed by atoms with E-state index >= 15 is 0 Å². The van der Waals surface area contributed by atoms with Crippen LogP contribution in [0.25, 0.3) is 23.3 Å². The van der Waals surface area contributed by atoms with Gasteiger partial charge in [0.05, 0.1) is 0 Å². The molecular weight excluding hydrogens is 488 g/mol. The molecule has 202 valence electrons. The van der Waals surface area contributed by atoms with Gasteiger partial charge in [0.25, 0.3) is 11.5 Å². The molecule has 1 aliphatic rings. The number of imidazole rings is 1. The second kappa shape index (κ2) is 10.7. The maximum absolute atomic E-state index is 13.0. The van der Waals surface area contributed by atoms with Crippen molar-refractivity contribution in [3.63, 3.8) is 0 Å². The highest BCUT2D eigenvalue weighted by molar-refractivity contribution is 5.94. The maximum atomic E-state index is 13.0. The highest BCUT2D eigenvalue weighted by atomic mass is 16.6. The van der Waals surface area contributed by atoms with Crippen molar-refractivity contribution in [2.24, 2.45) is 0 Å². The van der Waals surface area contributed by atoms with Crippen LogP contribution < -0.4 is 11.2 Å². The lowest BCUT2D eigenvalue weighted by molar-refractivity contribution is 0.0141. The molecule has 11 heteroatoms. The maximum Gasteiger partial charge on any atom is 0.410 e. The van der Waals surface area contributed by atoms with Crippen molar-refractivity contribution >= 4 is 35.3 Å². The number of aromatic amines is 1. The topological polar surface area (TPSA) is 123 Å². The van der Waals surface area contributed by atoms with Crippen molar-refractivity contribution in [3.05, 3.63) is 62.1 Å². The first-order valence-electron chi connectivity index (χ1n) is 12.8. The van der Waals surface area contributed by atoms with Gasteiger partial charge in [-0.3, -0.25) is 18.7 Å². The Bertz CT molecular complexity index is 1480. The van der Waals surface area contributed by atoms with Gasteiger partial charge in [0, 0.05) is 44.8 Å². The number of nitrogens with one attached hydrogen (secondary N) is 1. The van der Waals surface area contributed by atoms with E-state index in [4.69, 9.17) is 4.74 Å². The molecule has 0 spiro atoms. The number of fused-ring (bicyclic) bond motifs is 1. The molecule has 1 aliphatic heterocycles. The molecule has 1 N–H and O–H groups in total. The van der Waals surface area contributed by atoms with Gasteiger partial charge in [0.1, 0.15) is 16.9 Å². The van der Waals surface area contributed by atoms with Crippen molar-refractivity contribution in [1.82, 2.24) is 28.9 Å². The monoisotopic (exact) mass is 522 g/mol. The van der Waals surface area contributed by atoms with E-state index < -0.39 is 5.60 Å². The molecule has 3 aromatic rings. The predicted molar refractivity (Wildman–Crippen MR) is 145 cm³/mol. The third-order valence-electron chi connectivity index (χ3n) is 6.32. The highest BCUT2D eigenvalue weighted by Crippen LogP contribution is 2.15. The molecule has 0 saturated carbocycles. The van der Waals surface area contributed by atoms with Gasteiger partial charge in [0.2, 0.25) is 0 Å². The zero-order valence-electron chi connectivity index (χ0n) is 22.5. The van der Waals surface area contributed by atoms with Gasteiger partial charge in [-0.15, -0.1) is 0 Å². The van der Waals surface area contributed by atoms with E-state index in [0.717, 1.165) is 5.56 Å². The molecule has 1 aromatic carbocycles. The molecule has 2 aromatic heterocycles. The number of H-pyrrole nitrogens is 1. The Balaban J connectivity index is 1.43. The summed E-state index contributed by atoms with van der Waals surface area (Å²) in [6.45, 7) is 11.5. The summed E-state index contributed by atoms with van der Waals surface area (Å²) in [6.07, 6.45) is 3.19. The molecule has 0 aliphatic carbocycles. The largest absolute Gasteiger partial charge is 0.444 e. The van der Waals surface area contributed by atoms with Crippen molar-refractivity contribution in [2.75, 3.05) is 26.2 Å². The first-order chi connectivity index (χ1) is 18.0. The van der Waals surface area contributed by atoms with Crippen LogP contribution in [0.15, 0.2) is 33.9 Å². The SMILES string of the molecule is CCn1c(=O)c2[nH]c(/C=C/c3ccc(C(=O)N4CCN(C(=O)OC(C)(C)C)CC4)cc3)nc2n(CC)c1=O. The number of carbonyl (C=O) groups excluding carboxylic acids is 2. The number of benzene rings is 1. The minimum Gasteiger partial charge on any atom is -0.444 e. The van der Waals surface area contributed by atoms with Gasteiger partial charge < -0.3 is 19.5 Å². The summed E-state index contributed by atoms with van der Waals surface area (Å²) in [5.41, 5.74) is 0.707. The van der Waals surface area contributed by atoms with Crippen molar-refractivity contribution in [1.29, 1.82) is 0 Å². The van der Waals surface area contributed by atoms with Crippen LogP contribution in [0.4, 0.5) is 4.79 Å². The Morgan fingerprint density at radius 2 is 1.55 bits per heavy atom. The minimum atomic E-state index is -0.556. The van der Waals surface area contributed by atoms with Gasteiger partial charge in [-0.25, -0.2) is 14.6 Å². The van der Waals surface area contributed by atoms with Crippen LogP contribution in [-0.2, 0) is 17.8 Å². The van der Waals surface area contributed by atoms with E-state index in [0.29, 0.717) is 55.3 Å².